The summed E-state index contributed by atoms with van der Waals surface area (Å²) < 4.78 is 19.4. The molecule has 33 heavy (non-hydrogen) atoms. The molecule has 0 aliphatic heterocycles. The average Bonchev–Trinajstić information content (AvgIpc) is 3.30. The number of benzene rings is 1. The van der Waals surface area contributed by atoms with Crippen molar-refractivity contribution in [3.63, 3.8) is 0 Å². The van der Waals surface area contributed by atoms with E-state index in [0.717, 1.165) is 0 Å². The minimum Gasteiger partial charge on any atom is -0.494 e. The van der Waals surface area contributed by atoms with Crippen molar-refractivity contribution in [1.29, 1.82) is 5.26 Å². The summed E-state index contributed by atoms with van der Waals surface area (Å²) in [5.41, 5.74) is 1.44. The lowest BCUT2D eigenvalue weighted by atomic mass is 10.3. The Kier molecular flexibility index (Phi) is 9.32. The summed E-state index contributed by atoms with van der Waals surface area (Å²) in [5, 5.41) is 11.8. The zero-order valence-corrected chi connectivity index (χ0v) is 19.0. The van der Waals surface area contributed by atoms with Crippen LogP contribution < -0.4 is 15.6 Å². The summed E-state index contributed by atoms with van der Waals surface area (Å²) in [7, 11) is 0. The molecule has 2 aromatic heterocycles. The van der Waals surface area contributed by atoms with Crippen molar-refractivity contribution in [1.82, 2.24) is 19.9 Å². The fraction of sp³-hybridized carbons (Fsp3) is 0.391. The Hall–Kier alpha value is -3.32. The van der Waals surface area contributed by atoms with Crippen molar-refractivity contribution in [2.75, 3.05) is 25.6 Å². The van der Waals surface area contributed by atoms with E-state index < -0.39 is 0 Å². The molecular weight excluding hydrogens is 445 g/mol. The van der Waals surface area contributed by atoms with Gasteiger partial charge in [0.15, 0.2) is 5.16 Å². The first-order valence-electron chi connectivity index (χ1n) is 10.8. The number of hydrogen-bond acceptors (Lipinski definition) is 6. The molecule has 2 N–H and O–H groups in total. The van der Waals surface area contributed by atoms with Crippen molar-refractivity contribution in [3.05, 3.63) is 46.9 Å². The molecule has 0 atom stereocenters. The predicted molar refractivity (Wildman–Crippen MR) is 126 cm³/mol. The standard InChI is InChI=1S/C23H26FN5O3S/c24-11-1-2-15-32-18-8-6-17(7-9-18)29-22(31)21-19(10-14-27-21)28-23(29)33-16-3-5-20(30)26-13-4-12-25/h6-10,14,27H,1-5,11,13,15-16H2,(H,26,30). The van der Waals surface area contributed by atoms with Gasteiger partial charge in [-0.15, -0.1) is 0 Å². The lowest BCUT2D eigenvalue weighted by Crippen LogP contribution is -2.24. The van der Waals surface area contributed by atoms with E-state index in [0.29, 0.717) is 72.2 Å². The molecule has 3 rings (SSSR count). The Labute approximate surface area is 195 Å². The number of unbranched alkanes of at least 4 members (excludes halogenated alkanes) is 1. The molecule has 0 saturated carbocycles. The molecule has 0 spiro atoms. The van der Waals surface area contributed by atoms with Gasteiger partial charge in [0.1, 0.15) is 11.3 Å². The fourth-order valence-corrected chi connectivity index (χ4v) is 4.07. The Morgan fingerprint density at radius 3 is 2.82 bits per heavy atom. The lowest BCUT2D eigenvalue weighted by molar-refractivity contribution is -0.121. The predicted octanol–water partition coefficient (Wildman–Crippen LogP) is 3.74. The number of fused-ring (bicyclic) bond motifs is 1. The third-order valence-electron chi connectivity index (χ3n) is 4.78. The first kappa shape index (κ1) is 24.3. The quantitative estimate of drug-likeness (QED) is 0.223. The van der Waals surface area contributed by atoms with E-state index >= 15 is 0 Å². The molecule has 174 valence electrons. The molecule has 0 radical (unpaired) electrons. The third kappa shape index (κ3) is 6.83. The maximum Gasteiger partial charge on any atom is 0.283 e. The molecule has 8 nitrogen and oxygen atoms in total. The third-order valence-corrected chi connectivity index (χ3v) is 5.80. The number of ether oxygens (including phenoxy) is 1. The molecule has 0 aliphatic carbocycles. The fourth-order valence-electron chi connectivity index (χ4n) is 3.12. The van der Waals surface area contributed by atoms with Crippen LogP contribution in [-0.2, 0) is 4.79 Å². The van der Waals surface area contributed by atoms with Gasteiger partial charge < -0.3 is 15.0 Å². The normalized spacial score (nSPS) is 10.8. The van der Waals surface area contributed by atoms with Crippen molar-refractivity contribution in [3.8, 4) is 17.5 Å². The van der Waals surface area contributed by atoms with Crippen LogP contribution in [0.2, 0.25) is 0 Å². The number of nitrogens with zero attached hydrogens (tertiary/aromatic N) is 3. The number of rotatable bonds is 13. The second kappa shape index (κ2) is 12.6. The highest BCUT2D eigenvalue weighted by atomic mass is 32.2. The molecule has 0 bridgehead atoms. The van der Waals surface area contributed by atoms with Gasteiger partial charge in [-0.05, 0) is 49.6 Å². The van der Waals surface area contributed by atoms with Gasteiger partial charge in [-0.1, -0.05) is 11.8 Å². The van der Waals surface area contributed by atoms with Crippen LogP contribution in [0.25, 0.3) is 16.7 Å². The summed E-state index contributed by atoms with van der Waals surface area (Å²) in [6, 6.07) is 10.9. The number of aromatic amines is 1. The summed E-state index contributed by atoms with van der Waals surface area (Å²) in [6.07, 6.45) is 4.02. The molecule has 2 heterocycles. The summed E-state index contributed by atoms with van der Waals surface area (Å²) in [4.78, 5) is 32.5. The Bertz CT molecular complexity index is 1150. The van der Waals surface area contributed by atoms with E-state index in [1.807, 2.05) is 6.07 Å². The Balaban J connectivity index is 1.71. The van der Waals surface area contributed by atoms with Crippen molar-refractivity contribution in [2.24, 2.45) is 0 Å². The van der Waals surface area contributed by atoms with E-state index in [-0.39, 0.29) is 24.6 Å². The topological polar surface area (TPSA) is 113 Å². The molecule has 10 heteroatoms. The Morgan fingerprint density at radius 2 is 2.06 bits per heavy atom. The lowest BCUT2D eigenvalue weighted by Gasteiger charge is -2.13. The van der Waals surface area contributed by atoms with E-state index in [1.165, 1.54) is 11.8 Å². The summed E-state index contributed by atoms with van der Waals surface area (Å²) in [6.45, 7) is 0.430. The Morgan fingerprint density at radius 1 is 1.24 bits per heavy atom. The van der Waals surface area contributed by atoms with Crippen LogP contribution in [0.15, 0.2) is 46.5 Å². The van der Waals surface area contributed by atoms with Crippen LogP contribution >= 0.6 is 11.8 Å². The van der Waals surface area contributed by atoms with Gasteiger partial charge in [0, 0.05) is 24.9 Å². The number of carbonyl (C=O) groups excluding carboxylic acids is 1. The van der Waals surface area contributed by atoms with Crippen LogP contribution in [0, 0.1) is 11.3 Å². The first-order chi connectivity index (χ1) is 16.1. The monoisotopic (exact) mass is 471 g/mol. The highest BCUT2D eigenvalue weighted by molar-refractivity contribution is 7.99. The molecule has 0 unspecified atom stereocenters. The number of H-pyrrole nitrogens is 1. The molecule has 0 aliphatic rings. The molecule has 0 fully saturated rings. The zero-order valence-electron chi connectivity index (χ0n) is 18.2. The number of hydrogen-bond donors (Lipinski definition) is 2. The van der Waals surface area contributed by atoms with Crippen molar-refractivity contribution >= 4 is 28.7 Å². The van der Waals surface area contributed by atoms with E-state index in [1.54, 1.807) is 41.1 Å². The number of alkyl halides is 1. The molecular formula is C23H26FN5O3S. The molecule has 0 saturated heterocycles. The molecule has 1 aromatic carbocycles. The van der Waals surface area contributed by atoms with Crippen LogP contribution in [0.3, 0.4) is 0 Å². The second-order valence-corrected chi connectivity index (χ2v) is 8.28. The van der Waals surface area contributed by atoms with Crippen LogP contribution in [0.4, 0.5) is 4.39 Å². The highest BCUT2D eigenvalue weighted by Crippen LogP contribution is 2.23. The molecule has 3 aromatic rings. The summed E-state index contributed by atoms with van der Waals surface area (Å²) in [5.74, 6) is 1.15. The van der Waals surface area contributed by atoms with E-state index in [4.69, 9.17) is 10.00 Å². The number of nitrogens with one attached hydrogen (secondary N) is 2. The number of nitriles is 1. The zero-order chi connectivity index (χ0) is 23.5. The smallest absolute Gasteiger partial charge is 0.283 e. The van der Waals surface area contributed by atoms with Crippen LogP contribution in [0.5, 0.6) is 5.75 Å². The largest absolute Gasteiger partial charge is 0.494 e. The van der Waals surface area contributed by atoms with Gasteiger partial charge in [-0.2, -0.15) is 5.26 Å². The van der Waals surface area contributed by atoms with Gasteiger partial charge in [-0.25, -0.2) is 4.98 Å². The van der Waals surface area contributed by atoms with Gasteiger partial charge in [0.25, 0.3) is 5.56 Å². The van der Waals surface area contributed by atoms with Crippen LogP contribution in [-0.4, -0.2) is 46.0 Å². The van der Waals surface area contributed by atoms with E-state index in [2.05, 4.69) is 15.3 Å². The number of halogens is 1. The van der Waals surface area contributed by atoms with Gasteiger partial charge in [-0.3, -0.25) is 18.5 Å². The SMILES string of the molecule is N#CCCNC(=O)CCCSc1nc2cc[nH]c2c(=O)n1-c1ccc(OCCCCF)cc1. The number of thioether (sulfide) groups is 1. The number of amides is 1. The number of aromatic nitrogens is 3. The van der Waals surface area contributed by atoms with Crippen molar-refractivity contribution < 1.29 is 13.9 Å². The maximum absolute atomic E-state index is 13.1. The second-order valence-electron chi connectivity index (χ2n) is 7.22. The van der Waals surface area contributed by atoms with E-state index in [9.17, 15) is 14.0 Å². The van der Waals surface area contributed by atoms with Crippen molar-refractivity contribution in [2.45, 2.75) is 37.3 Å². The average molecular weight is 472 g/mol. The maximum atomic E-state index is 13.1. The minimum absolute atomic E-state index is 0.0978. The van der Waals surface area contributed by atoms with Crippen LogP contribution in [0.1, 0.15) is 32.1 Å². The van der Waals surface area contributed by atoms with Gasteiger partial charge >= 0.3 is 0 Å². The van der Waals surface area contributed by atoms with Gasteiger partial charge in [0.05, 0.1) is 37.0 Å². The first-order valence-corrected chi connectivity index (χ1v) is 11.8. The van der Waals surface area contributed by atoms with Gasteiger partial charge in [0.2, 0.25) is 5.91 Å². The highest BCUT2D eigenvalue weighted by Gasteiger charge is 2.14. The number of carbonyl (C=O) groups is 1. The minimum atomic E-state index is -0.355. The summed E-state index contributed by atoms with van der Waals surface area (Å²) >= 11 is 1.41. The molecule has 1 amide bonds.